The van der Waals surface area contributed by atoms with E-state index in [0.29, 0.717) is 19.6 Å². The first-order valence-corrected chi connectivity index (χ1v) is 6.07. The van der Waals surface area contributed by atoms with Crippen LogP contribution in [0.2, 0.25) is 0 Å². The molecule has 19 heavy (non-hydrogen) atoms. The molecule has 0 aromatic heterocycles. The Morgan fingerprint density at radius 3 is 2.89 bits per heavy atom. The third-order valence-electron chi connectivity index (χ3n) is 2.82. The number of aliphatic carboxylic acids is 1. The van der Waals surface area contributed by atoms with E-state index in [1.165, 1.54) is 12.0 Å². The molecule has 1 unspecified atom stereocenters. The number of nitrogens with one attached hydrogen (secondary N) is 2. The van der Waals surface area contributed by atoms with Gasteiger partial charge in [0.25, 0.3) is 0 Å². The maximum atomic E-state index is 11.8. The Morgan fingerprint density at radius 1 is 1.53 bits per heavy atom. The summed E-state index contributed by atoms with van der Waals surface area (Å²) in [4.78, 5) is 35.0. The number of hydrogen-bond acceptors (Lipinski definition) is 4. The molecule has 108 valence electrons. The minimum atomic E-state index is -0.981. The second-order valence-corrected chi connectivity index (χ2v) is 4.23. The molecular formula is C11H19N3O5. The summed E-state index contributed by atoms with van der Waals surface area (Å²) < 4.78 is 4.96. The van der Waals surface area contributed by atoms with Gasteiger partial charge in [0.1, 0.15) is 0 Å². The van der Waals surface area contributed by atoms with E-state index in [0.717, 1.165) is 0 Å². The summed E-state index contributed by atoms with van der Waals surface area (Å²) >= 11 is 0. The molecule has 3 N–H and O–H groups in total. The van der Waals surface area contributed by atoms with E-state index < -0.39 is 12.1 Å². The van der Waals surface area contributed by atoms with Gasteiger partial charge in [-0.05, 0) is 0 Å². The molecule has 0 aromatic rings. The molecule has 1 atom stereocenters. The third-order valence-corrected chi connectivity index (χ3v) is 2.82. The van der Waals surface area contributed by atoms with Crippen LogP contribution in [0.1, 0.15) is 12.8 Å². The summed E-state index contributed by atoms with van der Waals surface area (Å²) in [6.45, 7) is 1.34. The monoisotopic (exact) mass is 273 g/mol. The second kappa shape index (κ2) is 7.57. The molecule has 1 saturated heterocycles. The molecule has 0 saturated carbocycles. The van der Waals surface area contributed by atoms with E-state index in [1.807, 2.05) is 0 Å². The van der Waals surface area contributed by atoms with Gasteiger partial charge in [0.15, 0.2) is 0 Å². The van der Waals surface area contributed by atoms with Crippen molar-refractivity contribution in [2.24, 2.45) is 0 Å². The first kappa shape index (κ1) is 15.2. The Kier molecular flexibility index (Phi) is 6.07. The zero-order valence-electron chi connectivity index (χ0n) is 10.8. The average Bonchev–Trinajstić information content (AvgIpc) is 2.58. The Morgan fingerprint density at radius 2 is 2.26 bits per heavy atom. The van der Waals surface area contributed by atoms with Crippen molar-refractivity contribution in [3.8, 4) is 0 Å². The Bertz CT molecular complexity index is 347. The van der Waals surface area contributed by atoms with Gasteiger partial charge in [-0.15, -0.1) is 0 Å². The summed E-state index contributed by atoms with van der Waals surface area (Å²) in [7, 11) is 1.40. The van der Waals surface area contributed by atoms with Gasteiger partial charge in [0.2, 0.25) is 5.91 Å². The third kappa shape index (κ3) is 5.56. The number of nitrogens with zero attached hydrogens (tertiary/aromatic N) is 1. The van der Waals surface area contributed by atoms with Crippen LogP contribution in [-0.4, -0.2) is 67.3 Å². The molecule has 1 rings (SSSR count). The van der Waals surface area contributed by atoms with Crippen LogP contribution in [0, 0.1) is 0 Å². The van der Waals surface area contributed by atoms with E-state index >= 15 is 0 Å². The minimum Gasteiger partial charge on any atom is -0.481 e. The van der Waals surface area contributed by atoms with Crippen LogP contribution in [0.5, 0.6) is 0 Å². The summed E-state index contributed by atoms with van der Waals surface area (Å²) in [5, 5.41) is 13.9. The molecule has 0 radical (unpaired) electrons. The van der Waals surface area contributed by atoms with Gasteiger partial charge in [0.05, 0.1) is 12.5 Å². The van der Waals surface area contributed by atoms with Crippen LogP contribution in [0.25, 0.3) is 0 Å². The number of amides is 3. The van der Waals surface area contributed by atoms with Crippen molar-refractivity contribution >= 4 is 17.9 Å². The van der Waals surface area contributed by atoms with Crippen LogP contribution < -0.4 is 10.6 Å². The van der Waals surface area contributed by atoms with Gasteiger partial charge < -0.3 is 25.4 Å². The maximum absolute atomic E-state index is 11.8. The summed E-state index contributed by atoms with van der Waals surface area (Å²) in [6.07, 6.45) is -0.458. The number of hydrogen-bond donors (Lipinski definition) is 3. The van der Waals surface area contributed by atoms with Gasteiger partial charge in [-0.3, -0.25) is 9.59 Å². The highest BCUT2D eigenvalue weighted by Gasteiger charge is 2.20. The topological polar surface area (TPSA) is 108 Å². The molecule has 8 heteroatoms. The first-order valence-electron chi connectivity index (χ1n) is 6.07. The van der Waals surface area contributed by atoms with Crippen LogP contribution in [-0.2, 0) is 14.3 Å². The number of rotatable bonds is 5. The van der Waals surface area contributed by atoms with Gasteiger partial charge in [-0.2, -0.15) is 0 Å². The molecule has 0 aliphatic carbocycles. The molecule has 1 heterocycles. The highest BCUT2D eigenvalue weighted by Crippen LogP contribution is 1.99. The number of methoxy groups -OCH3 is 1. The van der Waals surface area contributed by atoms with E-state index in [-0.39, 0.29) is 31.3 Å². The summed E-state index contributed by atoms with van der Waals surface area (Å²) in [6, 6.07) is -0.316. The standard InChI is InChI=1S/C11H19N3O5/c1-19-8(6-10(16)17)7-13-11(18)14-4-2-9(15)12-3-5-14/h8H,2-7H2,1H3,(H,12,15)(H,13,18)(H,16,17). The number of ether oxygens (including phenoxy) is 1. The van der Waals surface area contributed by atoms with Gasteiger partial charge in [-0.25, -0.2) is 4.79 Å². The van der Waals surface area contributed by atoms with E-state index in [4.69, 9.17) is 9.84 Å². The second-order valence-electron chi connectivity index (χ2n) is 4.23. The van der Waals surface area contributed by atoms with Crippen LogP contribution in [0.15, 0.2) is 0 Å². The quantitative estimate of drug-likeness (QED) is 0.596. The normalized spacial score (nSPS) is 17.3. The summed E-state index contributed by atoms with van der Waals surface area (Å²) in [5.41, 5.74) is 0. The maximum Gasteiger partial charge on any atom is 0.317 e. The highest BCUT2D eigenvalue weighted by atomic mass is 16.5. The number of carbonyl (C=O) groups is 3. The molecule has 8 nitrogen and oxygen atoms in total. The molecule has 0 spiro atoms. The molecule has 1 fully saturated rings. The van der Waals surface area contributed by atoms with Crippen molar-refractivity contribution in [1.82, 2.24) is 15.5 Å². The molecule has 1 aliphatic heterocycles. The fourth-order valence-corrected chi connectivity index (χ4v) is 1.72. The predicted molar refractivity (Wildman–Crippen MR) is 65.6 cm³/mol. The van der Waals surface area contributed by atoms with Crippen molar-refractivity contribution in [3.05, 3.63) is 0 Å². The van der Waals surface area contributed by atoms with Crippen molar-refractivity contribution in [3.63, 3.8) is 0 Å². The zero-order chi connectivity index (χ0) is 14.3. The number of carboxylic acids is 1. The van der Waals surface area contributed by atoms with Crippen LogP contribution in [0.3, 0.4) is 0 Å². The fourth-order valence-electron chi connectivity index (χ4n) is 1.72. The number of carbonyl (C=O) groups excluding carboxylic acids is 2. The van der Waals surface area contributed by atoms with E-state index in [2.05, 4.69) is 10.6 Å². The number of carboxylic acid groups (broad SMARTS) is 1. The zero-order valence-corrected chi connectivity index (χ0v) is 10.8. The highest BCUT2D eigenvalue weighted by molar-refractivity contribution is 5.79. The lowest BCUT2D eigenvalue weighted by atomic mass is 10.2. The van der Waals surface area contributed by atoms with Crippen LogP contribution in [0.4, 0.5) is 4.79 Å². The molecule has 0 bridgehead atoms. The summed E-state index contributed by atoms with van der Waals surface area (Å²) in [5.74, 6) is -1.05. The molecule has 1 aliphatic rings. The van der Waals surface area contributed by atoms with Gasteiger partial charge in [-0.1, -0.05) is 0 Å². The van der Waals surface area contributed by atoms with E-state index in [1.54, 1.807) is 0 Å². The largest absolute Gasteiger partial charge is 0.481 e. The lowest BCUT2D eigenvalue weighted by Gasteiger charge is -2.21. The molecule has 3 amide bonds. The minimum absolute atomic E-state index is 0.0732. The first-order chi connectivity index (χ1) is 9.02. The van der Waals surface area contributed by atoms with Crippen molar-refractivity contribution in [2.45, 2.75) is 18.9 Å². The lowest BCUT2D eigenvalue weighted by Crippen LogP contribution is -2.44. The average molecular weight is 273 g/mol. The Hall–Kier alpha value is -1.83. The molecular weight excluding hydrogens is 254 g/mol. The van der Waals surface area contributed by atoms with E-state index in [9.17, 15) is 14.4 Å². The van der Waals surface area contributed by atoms with Crippen LogP contribution >= 0.6 is 0 Å². The number of urea groups is 1. The van der Waals surface area contributed by atoms with Crippen molar-refractivity contribution in [1.29, 1.82) is 0 Å². The van der Waals surface area contributed by atoms with Gasteiger partial charge in [0, 0.05) is 39.7 Å². The SMILES string of the molecule is COC(CNC(=O)N1CCNC(=O)CC1)CC(=O)O. The predicted octanol–water partition coefficient (Wildman–Crippen LogP) is -0.992. The fraction of sp³-hybridized carbons (Fsp3) is 0.727. The molecule has 0 aromatic carbocycles. The Labute approximate surface area is 111 Å². The Balaban J connectivity index is 2.36. The van der Waals surface area contributed by atoms with Crippen molar-refractivity contribution in [2.75, 3.05) is 33.3 Å². The van der Waals surface area contributed by atoms with Crippen molar-refractivity contribution < 1.29 is 24.2 Å². The van der Waals surface area contributed by atoms with Gasteiger partial charge >= 0.3 is 12.0 Å². The lowest BCUT2D eigenvalue weighted by molar-refractivity contribution is -0.139. The smallest absolute Gasteiger partial charge is 0.317 e.